The fourth-order valence-electron chi connectivity index (χ4n) is 2.88. The zero-order valence-electron chi connectivity index (χ0n) is 17.3. The quantitative estimate of drug-likeness (QED) is 0.494. The Bertz CT molecular complexity index is 1020. The molecule has 3 rings (SSSR count). The van der Waals surface area contributed by atoms with Gasteiger partial charge >= 0.3 is 0 Å². The van der Waals surface area contributed by atoms with Crippen LogP contribution < -0.4 is 20.1 Å². The van der Waals surface area contributed by atoms with Gasteiger partial charge in [-0.25, -0.2) is 0 Å². The van der Waals surface area contributed by atoms with Crippen LogP contribution in [0.4, 0.5) is 11.4 Å². The first-order valence-corrected chi connectivity index (χ1v) is 9.98. The number of benzene rings is 3. The second kappa shape index (κ2) is 10.0. The van der Waals surface area contributed by atoms with E-state index in [-0.39, 0.29) is 12.5 Å². The summed E-state index contributed by atoms with van der Waals surface area (Å²) in [6, 6.07) is 19.2. The number of hydrogen-bond acceptors (Lipinski definition) is 4. The summed E-state index contributed by atoms with van der Waals surface area (Å²) in [7, 11) is 1.58. The van der Waals surface area contributed by atoms with Crippen molar-refractivity contribution in [1.29, 1.82) is 0 Å². The highest BCUT2D eigenvalue weighted by atomic mass is 35.5. The number of amides is 1. The molecule has 30 heavy (non-hydrogen) atoms. The number of carbonyl (C=O) groups excluding carboxylic acids is 1. The predicted molar refractivity (Wildman–Crippen MR) is 122 cm³/mol. The maximum absolute atomic E-state index is 12.3. The van der Waals surface area contributed by atoms with Gasteiger partial charge in [0.15, 0.2) is 18.1 Å². The van der Waals surface area contributed by atoms with Crippen molar-refractivity contribution in [2.45, 2.75) is 20.4 Å². The Morgan fingerprint density at radius 3 is 2.47 bits per heavy atom. The lowest BCUT2D eigenvalue weighted by molar-refractivity contribution is -0.118. The maximum atomic E-state index is 12.3. The van der Waals surface area contributed by atoms with Crippen molar-refractivity contribution in [3.8, 4) is 11.5 Å². The Balaban J connectivity index is 1.58. The molecule has 0 unspecified atom stereocenters. The average Bonchev–Trinajstić information content (AvgIpc) is 2.74. The van der Waals surface area contributed by atoms with Crippen molar-refractivity contribution in [2.24, 2.45) is 0 Å². The zero-order valence-corrected chi connectivity index (χ0v) is 18.0. The van der Waals surface area contributed by atoms with Gasteiger partial charge in [0.25, 0.3) is 5.91 Å². The zero-order chi connectivity index (χ0) is 21.5. The third kappa shape index (κ3) is 5.91. The lowest BCUT2D eigenvalue weighted by Gasteiger charge is -2.14. The van der Waals surface area contributed by atoms with Crippen LogP contribution in [0.2, 0.25) is 5.02 Å². The van der Waals surface area contributed by atoms with Gasteiger partial charge in [-0.05, 0) is 61.4 Å². The van der Waals surface area contributed by atoms with E-state index in [0.29, 0.717) is 28.8 Å². The summed E-state index contributed by atoms with van der Waals surface area (Å²) in [6.07, 6.45) is 0. The minimum absolute atomic E-state index is 0.136. The SMILES string of the molecule is COc1cc(CNc2ccc(C)cc2)ccc1OCC(=O)Nc1cc(Cl)ccc1C. The number of nitrogens with one attached hydrogen (secondary N) is 2. The molecule has 0 aliphatic carbocycles. The summed E-state index contributed by atoms with van der Waals surface area (Å²) < 4.78 is 11.1. The smallest absolute Gasteiger partial charge is 0.262 e. The molecule has 2 N–H and O–H groups in total. The highest BCUT2D eigenvalue weighted by Gasteiger charge is 2.10. The number of aryl methyl sites for hydroxylation is 2. The summed E-state index contributed by atoms with van der Waals surface area (Å²) in [5.74, 6) is 0.812. The van der Waals surface area contributed by atoms with E-state index >= 15 is 0 Å². The molecule has 0 aliphatic rings. The third-order valence-corrected chi connectivity index (χ3v) is 4.84. The topological polar surface area (TPSA) is 59.6 Å². The molecule has 0 aromatic heterocycles. The molecule has 0 saturated carbocycles. The largest absolute Gasteiger partial charge is 0.493 e. The molecule has 0 saturated heterocycles. The molecule has 0 bridgehead atoms. The normalized spacial score (nSPS) is 10.4. The summed E-state index contributed by atoms with van der Waals surface area (Å²) in [5, 5.41) is 6.75. The van der Waals surface area contributed by atoms with Gasteiger partial charge in [-0.1, -0.05) is 41.4 Å². The minimum atomic E-state index is -0.271. The van der Waals surface area contributed by atoms with Crippen molar-refractivity contribution in [3.63, 3.8) is 0 Å². The summed E-state index contributed by atoms with van der Waals surface area (Å²) in [4.78, 5) is 12.3. The Kier molecular flexibility index (Phi) is 7.20. The average molecular weight is 425 g/mol. The molecule has 156 valence electrons. The molecule has 3 aromatic carbocycles. The fraction of sp³-hybridized carbons (Fsp3) is 0.208. The van der Waals surface area contributed by atoms with Crippen LogP contribution in [0.5, 0.6) is 11.5 Å². The van der Waals surface area contributed by atoms with E-state index in [1.54, 1.807) is 19.2 Å². The molecule has 0 atom stereocenters. The monoisotopic (exact) mass is 424 g/mol. The Labute approximate surface area is 182 Å². The van der Waals surface area contributed by atoms with Crippen molar-refractivity contribution in [1.82, 2.24) is 0 Å². The van der Waals surface area contributed by atoms with Gasteiger partial charge in [-0.2, -0.15) is 0 Å². The van der Waals surface area contributed by atoms with Gasteiger partial charge in [0, 0.05) is 22.9 Å². The molecular weight excluding hydrogens is 400 g/mol. The number of methoxy groups -OCH3 is 1. The van der Waals surface area contributed by atoms with Gasteiger partial charge in [-0.3, -0.25) is 4.79 Å². The van der Waals surface area contributed by atoms with Crippen molar-refractivity contribution < 1.29 is 14.3 Å². The molecule has 0 radical (unpaired) electrons. The van der Waals surface area contributed by atoms with Gasteiger partial charge < -0.3 is 20.1 Å². The molecule has 0 spiro atoms. The van der Waals surface area contributed by atoms with E-state index in [2.05, 4.69) is 29.7 Å². The Morgan fingerprint density at radius 1 is 0.967 bits per heavy atom. The number of hydrogen-bond donors (Lipinski definition) is 2. The third-order valence-electron chi connectivity index (χ3n) is 4.61. The van der Waals surface area contributed by atoms with Crippen LogP contribution in [0.15, 0.2) is 60.7 Å². The summed E-state index contributed by atoms with van der Waals surface area (Å²) in [5.41, 5.74) is 4.90. The first-order valence-electron chi connectivity index (χ1n) is 9.61. The summed E-state index contributed by atoms with van der Waals surface area (Å²) >= 11 is 6.00. The predicted octanol–water partition coefficient (Wildman–Crippen LogP) is 5.60. The van der Waals surface area contributed by atoms with Crippen LogP contribution in [0.25, 0.3) is 0 Å². The number of carbonyl (C=O) groups is 1. The van der Waals surface area contributed by atoms with Crippen LogP contribution >= 0.6 is 11.6 Å². The first-order chi connectivity index (χ1) is 14.4. The number of ether oxygens (including phenoxy) is 2. The van der Waals surface area contributed by atoms with Crippen molar-refractivity contribution in [2.75, 3.05) is 24.4 Å². The van der Waals surface area contributed by atoms with Crippen LogP contribution in [0.1, 0.15) is 16.7 Å². The van der Waals surface area contributed by atoms with Gasteiger partial charge in [0.05, 0.1) is 7.11 Å². The Morgan fingerprint density at radius 2 is 1.73 bits per heavy atom. The molecule has 0 aliphatic heterocycles. The van der Waals surface area contributed by atoms with Gasteiger partial charge in [0.2, 0.25) is 0 Å². The number of rotatable bonds is 8. The van der Waals surface area contributed by atoms with E-state index in [1.165, 1.54) is 5.56 Å². The maximum Gasteiger partial charge on any atom is 0.262 e. The lowest BCUT2D eigenvalue weighted by Crippen LogP contribution is -2.20. The highest BCUT2D eigenvalue weighted by molar-refractivity contribution is 6.31. The number of anilines is 2. The van der Waals surface area contributed by atoms with E-state index in [0.717, 1.165) is 16.8 Å². The molecule has 5 nitrogen and oxygen atoms in total. The second-order valence-corrected chi connectivity index (χ2v) is 7.44. The molecule has 6 heteroatoms. The summed E-state index contributed by atoms with van der Waals surface area (Å²) in [6.45, 7) is 4.47. The molecule has 3 aromatic rings. The molecule has 1 amide bonds. The van der Waals surface area contributed by atoms with E-state index < -0.39 is 0 Å². The lowest BCUT2D eigenvalue weighted by atomic mass is 10.2. The van der Waals surface area contributed by atoms with E-state index in [4.69, 9.17) is 21.1 Å². The van der Waals surface area contributed by atoms with Gasteiger partial charge in [0.1, 0.15) is 0 Å². The van der Waals surface area contributed by atoms with Crippen LogP contribution in [0.3, 0.4) is 0 Å². The van der Waals surface area contributed by atoms with E-state index in [1.807, 2.05) is 43.3 Å². The van der Waals surface area contributed by atoms with Crippen molar-refractivity contribution in [3.05, 3.63) is 82.4 Å². The van der Waals surface area contributed by atoms with Gasteiger partial charge in [-0.15, -0.1) is 0 Å². The first kappa shape index (κ1) is 21.5. The molecule has 0 heterocycles. The van der Waals surface area contributed by atoms with Crippen LogP contribution in [0, 0.1) is 13.8 Å². The Hall–Kier alpha value is -3.18. The second-order valence-electron chi connectivity index (χ2n) is 7.00. The highest BCUT2D eigenvalue weighted by Crippen LogP contribution is 2.28. The van der Waals surface area contributed by atoms with Crippen LogP contribution in [-0.2, 0) is 11.3 Å². The standard InChI is InChI=1S/C24H25ClN2O3/c1-16-4-9-20(10-5-16)26-14-18-7-11-22(23(12-18)29-3)30-15-24(28)27-21-13-19(25)8-6-17(21)2/h4-13,26H,14-15H2,1-3H3,(H,27,28). The van der Waals surface area contributed by atoms with Crippen molar-refractivity contribution >= 4 is 28.9 Å². The fourth-order valence-corrected chi connectivity index (χ4v) is 3.05. The van der Waals surface area contributed by atoms with E-state index in [9.17, 15) is 4.79 Å². The number of halogens is 1. The molecule has 0 fully saturated rings. The molecular formula is C24H25ClN2O3. The minimum Gasteiger partial charge on any atom is -0.493 e. The van der Waals surface area contributed by atoms with Crippen LogP contribution in [-0.4, -0.2) is 19.6 Å².